The Kier molecular flexibility index (Phi) is 5.63. The molecule has 27 heavy (non-hydrogen) atoms. The normalized spacial score (nSPS) is 21.0. The van der Waals surface area contributed by atoms with Crippen molar-refractivity contribution >= 4 is 11.6 Å². The molecule has 0 fully saturated rings. The van der Waals surface area contributed by atoms with Crippen LogP contribution in [0, 0.1) is 0 Å². The van der Waals surface area contributed by atoms with E-state index < -0.39 is 0 Å². The minimum absolute atomic E-state index is 0.0373. The standard InChI is InChI=1S/C26H34O/c1-7-15-27-24-18-25(3,4)23-17-21(13-14-22(23)26(24,5)6)19(2)16-20-11-9-8-10-12-20/h8-14,16-17,24H,7,15,18H2,1-6H3/b19-16+. The molecule has 0 bridgehead atoms. The SMILES string of the molecule is CCCOC1CC(C)(C)c2cc(/C(C)=C/c3ccccc3)ccc2C1(C)C. The van der Waals surface area contributed by atoms with Crippen LogP contribution in [-0.4, -0.2) is 12.7 Å². The molecule has 0 N–H and O–H groups in total. The molecule has 144 valence electrons. The molecule has 2 aromatic rings. The fourth-order valence-corrected chi connectivity index (χ4v) is 4.32. The second kappa shape index (κ2) is 7.64. The molecule has 0 radical (unpaired) electrons. The summed E-state index contributed by atoms with van der Waals surface area (Å²) in [5, 5.41) is 0. The first-order valence-corrected chi connectivity index (χ1v) is 10.3. The van der Waals surface area contributed by atoms with Gasteiger partial charge in [0.05, 0.1) is 6.10 Å². The third-order valence-corrected chi connectivity index (χ3v) is 6.10. The van der Waals surface area contributed by atoms with E-state index in [1.54, 1.807) is 0 Å². The first-order chi connectivity index (χ1) is 12.8. The molecule has 0 saturated heterocycles. The Labute approximate surface area is 165 Å². The average molecular weight is 363 g/mol. The molecule has 0 heterocycles. The number of hydrogen-bond acceptors (Lipinski definition) is 1. The van der Waals surface area contributed by atoms with E-state index in [4.69, 9.17) is 4.74 Å². The quantitative estimate of drug-likeness (QED) is 0.520. The highest BCUT2D eigenvalue weighted by molar-refractivity contribution is 5.80. The molecule has 1 unspecified atom stereocenters. The number of rotatable bonds is 5. The Morgan fingerprint density at radius 1 is 1.04 bits per heavy atom. The average Bonchev–Trinajstić information content (AvgIpc) is 2.64. The van der Waals surface area contributed by atoms with Crippen molar-refractivity contribution < 1.29 is 4.74 Å². The van der Waals surface area contributed by atoms with Crippen molar-refractivity contribution in [1.29, 1.82) is 0 Å². The molecule has 0 saturated carbocycles. The Hall–Kier alpha value is -1.86. The van der Waals surface area contributed by atoms with Gasteiger partial charge in [0.25, 0.3) is 0 Å². The van der Waals surface area contributed by atoms with Crippen LogP contribution < -0.4 is 0 Å². The van der Waals surface area contributed by atoms with Crippen molar-refractivity contribution in [3.63, 3.8) is 0 Å². The number of hydrogen-bond donors (Lipinski definition) is 0. The Morgan fingerprint density at radius 3 is 2.41 bits per heavy atom. The smallest absolute Gasteiger partial charge is 0.0674 e. The van der Waals surface area contributed by atoms with Crippen LogP contribution in [0.25, 0.3) is 11.6 Å². The minimum atomic E-state index is 0.0373. The van der Waals surface area contributed by atoms with E-state index in [0.29, 0.717) is 0 Å². The molecule has 0 amide bonds. The van der Waals surface area contributed by atoms with Gasteiger partial charge in [0.1, 0.15) is 0 Å². The molecule has 2 aromatic carbocycles. The van der Waals surface area contributed by atoms with Gasteiger partial charge in [-0.05, 0) is 53.0 Å². The van der Waals surface area contributed by atoms with Crippen LogP contribution in [0.1, 0.15) is 76.6 Å². The van der Waals surface area contributed by atoms with E-state index in [2.05, 4.69) is 96.1 Å². The van der Waals surface area contributed by atoms with E-state index in [-0.39, 0.29) is 16.9 Å². The first-order valence-electron chi connectivity index (χ1n) is 10.3. The molecule has 1 nitrogen and oxygen atoms in total. The molecule has 3 rings (SSSR count). The molecule has 0 aliphatic heterocycles. The molecule has 0 spiro atoms. The fraction of sp³-hybridized carbons (Fsp3) is 0.462. The van der Waals surface area contributed by atoms with Crippen molar-refractivity contribution in [3.05, 3.63) is 70.8 Å². The second-order valence-corrected chi connectivity index (χ2v) is 9.17. The van der Waals surface area contributed by atoms with Crippen LogP contribution in [-0.2, 0) is 15.6 Å². The van der Waals surface area contributed by atoms with E-state index in [1.807, 2.05) is 0 Å². The van der Waals surface area contributed by atoms with Gasteiger partial charge >= 0.3 is 0 Å². The third-order valence-electron chi connectivity index (χ3n) is 6.10. The molecular formula is C26H34O. The van der Waals surface area contributed by atoms with Crippen LogP contribution in [0.4, 0.5) is 0 Å². The minimum Gasteiger partial charge on any atom is -0.377 e. The van der Waals surface area contributed by atoms with Gasteiger partial charge in [-0.25, -0.2) is 0 Å². The lowest BCUT2D eigenvalue weighted by atomic mass is 9.61. The van der Waals surface area contributed by atoms with Gasteiger partial charge in [0.2, 0.25) is 0 Å². The summed E-state index contributed by atoms with van der Waals surface area (Å²) in [4.78, 5) is 0. The molecule has 1 aliphatic carbocycles. The second-order valence-electron chi connectivity index (χ2n) is 9.17. The van der Waals surface area contributed by atoms with Gasteiger partial charge in [-0.3, -0.25) is 0 Å². The maximum Gasteiger partial charge on any atom is 0.0674 e. The monoisotopic (exact) mass is 362 g/mol. The summed E-state index contributed by atoms with van der Waals surface area (Å²) in [7, 11) is 0. The summed E-state index contributed by atoms with van der Waals surface area (Å²) in [5.41, 5.74) is 6.94. The summed E-state index contributed by atoms with van der Waals surface area (Å²) in [6.07, 6.45) is 4.68. The van der Waals surface area contributed by atoms with Crippen LogP contribution in [0.15, 0.2) is 48.5 Å². The lowest BCUT2D eigenvalue weighted by Gasteiger charge is -2.47. The topological polar surface area (TPSA) is 9.23 Å². The van der Waals surface area contributed by atoms with Crippen molar-refractivity contribution in [1.82, 2.24) is 0 Å². The van der Waals surface area contributed by atoms with Crippen molar-refractivity contribution in [2.75, 3.05) is 6.61 Å². The van der Waals surface area contributed by atoms with E-state index in [0.717, 1.165) is 19.4 Å². The number of fused-ring (bicyclic) bond motifs is 1. The molecular weight excluding hydrogens is 328 g/mol. The first kappa shape index (κ1) is 19.9. The largest absolute Gasteiger partial charge is 0.377 e. The van der Waals surface area contributed by atoms with Crippen molar-refractivity contribution in [3.8, 4) is 0 Å². The van der Waals surface area contributed by atoms with Crippen LogP contribution in [0.3, 0.4) is 0 Å². The zero-order valence-electron chi connectivity index (χ0n) is 17.8. The number of allylic oxidation sites excluding steroid dienone is 1. The summed E-state index contributed by atoms with van der Waals surface area (Å²) in [5.74, 6) is 0. The highest BCUT2D eigenvalue weighted by atomic mass is 16.5. The fourth-order valence-electron chi connectivity index (χ4n) is 4.32. The maximum atomic E-state index is 6.29. The third kappa shape index (κ3) is 4.04. The van der Waals surface area contributed by atoms with Gasteiger partial charge in [0.15, 0.2) is 0 Å². The van der Waals surface area contributed by atoms with Crippen LogP contribution in [0.2, 0.25) is 0 Å². The van der Waals surface area contributed by atoms with E-state index in [9.17, 15) is 0 Å². The highest BCUT2D eigenvalue weighted by Gasteiger charge is 2.44. The van der Waals surface area contributed by atoms with E-state index in [1.165, 1.54) is 27.8 Å². The van der Waals surface area contributed by atoms with Crippen LogP contribution in [0.5, 0.6) is 0 Å². The predicted molar refractivity (Wildman–Crippen MR) is 117 cm³/mol. The summed E-state index contributed by atoms with van der Waals surface area (Å²) in [6, 6.07) is 17.6. The predicted octanol–water partition coefficient (Wildman–Crippen LogP) is 7.00. The van der Waals surface area contributed by atoms with Gasteiger partial charge in [-0.2, -0.15) is 0 Å². The zero-order chi connectivity index (χ0) is 19.7. The summed E-state index contributed by atoms with van der Waals surface area (Å²) >= 11 is 0. The Morgan fingerprint density at radius 2 is 1.74 bits per heavy atom. The van der Waals surface area contributed by atoms with Gasteiger partial charge in [-0.15, -0.1) is 0 Å². The molecule has 0 aromatic heterocycles. The van der Waals surface area contributed by atoms with Crippen molar-refractivity contribution in [2.45, 2.75) is 71.3 Å². The Balaban J connectivity index is 2.00. The maximum absolute atomic E-state index is 6.29. The van der Waals surface area contributed by atoms with Crippen LogP contribution >= 0.6 is 0 Å². The Bertz CT molecular complexity index is 811. The molecule has 1 aliphatic rings. The van der Waals surface area contributed by atoms with Gasteiger partial charge < -0.3 is 4.74 Å². The lowest BCUT2D eigenvalue weighted by molar-refractivity contribution is -0.0185. The van der Waals surface area contributed by atoms with Crippen molar-refractivity contribution in [2.24, 2.45) is 0 Å². The van der Waals surface area contributed by atoms with Gasteiger partial charge in [-0.1, -0.05) is 89.2 Å². The molecule has 1 atom stereocenters. The highest BCUT2D eigenvalue weighted by Crippen LogP contribution is 2.47. The van der Waals surface area contributed by atoms with Gasteiger partial charge in [0, 0.05) is 12.0 Å². The molecule has 1 heteroatoms. The number of ether oxygens (including phenoxy) is 1. The summed E-state index contributed by atoms with van der Waals surface area (Å²) in [6.45, 7) is 14.6. The van der Waals surface area contributed by atoms with E-state index >= 15 is 0 Å². The summed E-state index contributed by atoms with van der Waals surface area (Å²) < 4.78 is 6.29. The zero-order valence-corrected chi connectivity index (χ0v) is 17.8. The number of benzene rings is 2. The lowest BCUT2D eigenvalue weighted by Crippen LogP contribution is -2.46.